The fourth-order valence-corrected chi connectivity index (χ4v) is 1.38. The topological polar surface area (TPSA) is 62.1 Å². The molecule has 2 unspecified atom stereocenters. The molecule has 0 saturated carbocycles. The Morgan fingerprint density at radius 3 is 3.36 bits per heavy atom. The van der Waals surface area contributed by atoms with Crippen LogP contribution in [-0.4, -0.2) is 18.6 Å². The Morgan fingerprint density at radius 1 is 1.91 bits per heavy atom. The van der Waals surface area contributed by atoms with E-state index in [1.807, 2.05) is 6.07 Å². The van der Waals surface area contributed by atoms with Gasteiger partial charge < -0.3 is 10.1 Å². The maximum absolute atomic E-state index is 11.1. The number of carbonyl (C=O) groups is 1. The number of rotatable bonds is 0. The van der Waals surface area contributed by atoms with Crippen molar-refractivity contribution in [2.75, 3.05) is 6.54 Å². The average molecular weight is 150 g/mol. The van der Waals surface area contributed by atoms with Crippen LogP contribution in [0, 0.1) is 16.7 Å². The maximum atomic E-state index is 11.1. The molecule has 2 heterocycles. The lowest BCUT2D eigenvalue weighted by atomic mass is 9.87. The first-order valence-electron chi connectivity index (χ1n) is 3.32. The maximum Gasteiger partial charge on any atom is 0.248 e. The van der Waals surface area contributed by atoms with Crippen molar-refractivity contribution in [1.29, 1.82) is 5.26 Å². The van der Waals surface area contributed by atoms with Gasteiger partial charge in [0.2, 0.25) is 5.91 Å². The van der Waals surface area contributed by atoms with Gasteiger partial charge in [-0.15, -0.1) is 0 Å². The van der Waals surface area contributed by atoms with Crippen LogP contribution in [0.4, 0.5) is 0 Å². The first kappa shape index (κ1) is 6.23. The van der Waals surface area contributed by atoms with E-state index in [9.17, 15) is 4.79 Å². The number of carbonyl (C=O) groups excluding carboxylic acids is 1. The van der Waals surface area contributed by atoms with Crippen molar-refractivity contribution < 1.29 is 9.53 Å². The van der Waals surface area contributed by atoms with Gasteiger partial charge in [0.05, 0.1) is 18.9 Å². The predicted octanol–water partition coefficient (Wildman–Crippen LogP) is -0.461. The zero-order valence-corrected chi connectivity index (χ0v) is 5.70. The van der Waals surface area contributed by atoms with Crippen LogP contribution in [-0.2, 0) is 9.53 Å². The molecule has 56 valence electrons. The molecule has 2 atom stereocenters. The van der Waals surface area contributed by atoms with Crippen molar-refractivity contribution in [2.45, 2.75) is 6.10 Å². The minimum Gasteiger partial charge on any atom is -0.494 e. The number of ether oxygens (including phenoxy) is 1. The highest BCUT2D eigenvalue weighted by atomic mass is 16.5. The summed E-state index contributed by atoms with van der Waals surface area (Å²) in [6.07, 6.45) is 2.62. The zero-order chi connectivity index (χ0) is 7.90. The number of amides is 1. The second kappa shape index (κ2) is 1.76. The van der Waals surface area contributed by atoms with Crippen molar-refractivity contribution in [1.82, 2.24) is 5.32 Å². The molecule has 0 aromatic rings. The van der Waals surface area contributed by atoms with Gasteiger partial charge in [0, 0.05) is 0 Å². The predicted molar refractivity (Wildman–Crippen MR) is 35.1 cm³/mol. The summed E-state index contributed by atoms with van der Waals surface area (Å²) in [5.41, 5.74) is -1.04. The van der Waals surface area contributed by atoms with Gasteiger partial charge in [-0.2, -0.15) is 5.26 Å². The molecule has 1 fully saturated rings. The lowest BCUT2D eigenvalue weighted by molar-refractivity contribution is -0.124. The highest BCUT2D eigenvalue weighted by molar-refractivity contribution is 5.91. The number of nitrogens with one attached hydrogen (secondary N) is 1. The van der Waals surface area contributed by atoms with Gasteiger partial charge in [0.25, 0.3) is 0 Å². The molecule has 4 nitrogen and oxygen atoms in total. The van der Waals surface area contributed by atoms with Gasteiger partial charge in [-0.3, -0.25) is 4.79 Å². The van der Waals surface area contributed by atoms with E-state index in [4.69, 9.17) is 10.00 Å². The summed E-state index contributed by atoms with van der Waals surface area (Å²) < 4.78 is 5.06. The third-order valence-corrected chi connectivity index (χ3v) is 2.09. The summed E-state index contributed by atoms with van der Waals surface area (Å²) in [6, 6.07) is 1.97. The van der Waals surface area contributed by atoms with Crippen molar-refractivity contribution in [2.24, 2.45) is 5.41 Å². The Labute approximate surface area is 63.4 Å². The molecular formula is C7H6N2O2. The van der Waals surface area contributed by atoms with Crippen LogP contribution in [0.1, 0.15) is 0 Å². The Morgan fingerprint density at radius 2 is 2.73 bits per heavy atom. The SMILES string of the molecule is N#CC12C=COC1CNC2=O. The highest BCUT2D eigenvalue weighted by Crippen LogP contribution is 2.34. The van der Waals surface area contributed by atoms with Crippen molar-refractivity contribution >= 4 is 5.91 Å². The molecule has 11 heavy (non-hydrogen) atoms. The van der Waals surface area contributed by atoms with Crippen LogP contribution in [0.5, 0.6) is 0 Å². The molecule has 0 aliphatic carbocycles. The molecule has 1 saturated heterocycles. The fourth-order valence-electron chi connectivity index (χ4n) is 1.38. The van der Waals surface area contributed by atoms with Gasteiger partial charge in [0.1, 0.15) is 6.10 Å². The third kappa shape index (κ3) is 0.552. The van der Waals surface area contributed by atoms with Crippen molar-refractivity contribution in [3.05, 3.63) is 12.3 Å². The van der Waals surface area contributed by atoms with Crippen LogP contribution in [0.25, 0.3) is 0 Å². The summed E-state index contributed by atoms with van der Waals surface area (Å²) >= 11 is 0. The van der Waals surface area contributed by atoms with Gasteiger partial charge in [-0.1, -0.05) is 0 Å². The number of hydrogen-bond donors (Lipinski definition) is 1. The van der Waals surface area contributed by atoms with E-state index >= 15 is 0 Å². The summed E-state index contributed by atoms with van der Waals surface area (Å²) in [7, 11) is 0. The smallest absolute Gasteiger partial charge is 0.248 e. The molecule has 0 radical (unpaired) electrons. The normalized spacial score (nSPS) is 39.2. The Balaban J connectivity index is 2.46. The largest absolute Gasteiger partial charge is 0.494 e. The third-order valence-electron chi connectivity index (χ3n) is 2.09. The second-order valence-corrected chi connectivity index (χ2v) is 2.62. The van der Waals surface area contributed by atoms with E-state index in [1.165, 1.54) is 12.3 Å². The highest BCUT2D eigenvalue weighted by Gasteiger charge is 2.53. The monoisotopic (exact) mass is 150 g/mol. The number of hydrogen-bond acceptors (Lipinski definition) is 3. The van der Waals surface area contributed by atoms with Crippen molar-refractivity contribution in [3.63, 3.8) is 0 Å². The minimum absolute atomic E-state index is 0.251. The van der Waals surface area contributed by atoms with Gasteiger partial charge >= 0.3 is 0 Å². The molecular weight excluding hydrogens is 144 g/mol. The summed E-state index contributed by atoms with van der Waals surface area (Å²) in [6.45, 7) is 0.430. The molecule has 0 bridgehead atoms. The van der Waals surface area contributed by atoms with Gasteiger partial charge in [-0.25, -0.2) is 0 Å². The van der Waals surface area contributed by atoms with Gasteiger partial charge in [-0.05, 0) is 6.08 Å². The zero-order valence-electron chi connectivity index (χ0n) is 5.70. The molecule has 2 aliphatic rings. The second-order valence-electron chi connectivity index (χ2n) is 2.62. The van der Waals surface area contributed by atoms with Crippen LogP contribution < -0.4 is 5.32 Å². The van der Waals surface area contributed by atoms with E-state index in [-0.39, 0.29) is 12.0 Å². The number of fused-ring (bicyclic) bond motifs is 1. The first-order valence-corrected chi connectivity index (χ1v) is 3.32. The summed E-state index contributed by atoms with van der Waals surface area (Å²) in [5.74, 6) is -0.251. The molecule has 1 amide bonds. The van der Waals surface area contributed by atoms with Crippen LogP contribution in [0.15, 0.2) is 12.3 Å². The Bertz CT molecular complexity index is 279. The number of nitrogens with zero attached hydrogens (tertiary/aromatic N) is 1. The molecule has 0 aromatic heterocycles. The molecule has 2 aliphatic heterocycles. The van der Waals surface area contributed by atoms with E-state index in [0.717, 1.165) is 0 Å². The standard InChI is InChI=1S/C7H6N2O2/c8-4-7-1-2-11-5(7)3-9-6(7)10/h1-2,5H,3H2,(H,9,10). The van der Waals surface area contributed by atoms with Crippen molar-refractivity contribution in [3.8, 4) is 6.07 Å². The lowest BCUT2D eigenvalue weighted by Crippen LogP contribution is -2.32. The van der Waals surface area contributed by atoms with Gasteiger partial charge in [0.15, 0.2) is 5.41 Å². The summed E-state index contributed by atoms with van der Waals surface area (Å²) in [4.78, 5) is 11.1. The van der Waals surface area contributed by atoms with E-state index in [0.29, 0.717) is 6.54 Å². The number of nitriles is 1. The minimum atomic E-state index is -1.04. The van der Waals surface area contributed by atoms with E-state index < -0.39 is 5.41 Å². The summed E-state index contributed by atoms with van der Waals surface area (Å²) in [5, 5.41) is 11.3. The average Bonchev–Trinajstić information content (AvgIpc) is 2.53. The van der Waals surface area contributed by atoms with Crippen LogP contribution >= 0.6 is 0 Å². The Hall–Kier alpha value is -1.50. The molecule has 1 N–H and O–H groups in total. The lowest BCUT2D eigenvalue weighted by Gasteiger charge is -2.12. The van der Waals surface area contributed by atoms with Crippen LogP contribution in [0.2, 0.25) is 0 Å². The molecule has 0 aromatic carbocycles. The van der Waals surface area contributed by atoms with E-state index in [1.54, 1.807) is 0 Å². The van der Waals surface area contributed by atoms with E-state index in [2.05, 4.69) is 5.32 Å². The molecule has 4 heteroatoms. The first-order chi connectivity index (χ1) is 5.29. The molecule has 0 spiro atoms. The Kier molecular flexibility index (Phi) is 0.994. The molecule has 2 rings (SSSR count). The fraction of sp³-hybridized carbons (Fsp3) is 0.429. The quantitative estimate of drug-likeness (QED) is 0.508. The van der Waals surface area contributed by atoms with Crippen LogP contribution in [0.3, 0.4) is 0 Å².